The summed E-state index contributed by atoms with van der Waals surface area (Å²) in [5, 5.41) is 1.14. The van der Waals surface area contributed by atoms with E-state index in [0.717, 1.165) is 30.2 Å². The summed E-state index contributed by atoms with van der Waals surface area (Å²) in [6, 6.07) is 0. The number of anilines is 1. The van der Waals surface area contributed by atoms with Crippen LogP contribution in [0.3, 0.4) is 0 Å². The number of hydrogen-bond acceptors (Lipinski definition) is 5. The van der Waals surface area contributed by atoms with Gasteiger partial charge < -0.3 is 10.2 Å². The predicted molar refractivity (Wildman–Crippen MR) is 117 cm³/mol. The van der Waals surface area contributed by atoms with Gasteiger partial charge in [-0.2, -0.15) is 0 Å². The van der Waals surface area contributed by atoms with E-state index in [1.807, 2.05) is 6.20 Å². The molecule has 2 N–H and O–H groups in total. The van der Waals surface area contributed by atoms with Crippen molar-refractivity contribution in [1.29, 1.82) is 0 Å². The summed E-state index contributed by atoms with van der Waals surface area (Å²) in [4.78, 5) is 12.9. The average Bonchev–Trinajstić information content (AvgIpc) is 2.56. The van der Waals surface area contributed by atoms with E-state index in [2.05, 4.69) is 62.7 Å². The zero-order valence-electron chi connectivity index (χ0n) is 17.7. The summed E-state index contributed by atoms with van der Waals surface area (Å²) in [6.45, 7) is 16.4. The summed E-state index contributed by atoms with van der Waals surface area (Å²) in [5.74, 6) is 0.400. The number of unbranched alkanes of at least 4 members (excludes halogenated alkanes) is 1. The van der Waals surface area contributed by atoms with Crippen molar-refractivity contribution in [3.8, 4) is 0 Å². The van der Waals surface area contributed by atoms with Crippen molar-refractivity contribution in [2.45, 2.75) is 77.4 Å². The molecular formula is C20H33ClN4OSi. The van der Waals surface area contributed by atoms with Gasteiger partial charge in [0, 0.05) is 23.6 Å². The molecule has 2 aromatic rings. The summed E-state index contributed by atoms with van der Waals surface area (Å²) in [7, 11) is -1.88. The Morgan fingerprint density at radius 1 is 1.15 bits per heavy atom. The lowest BCUT2D eigenvalue weighted by Crippen LogP contribution is -2.44. The van der Waals surface area contributed by atoms with E-state index in [9.17, 15) is 0 Å². The van der Waals surface area contributed by atoms with Crippen molar-refractivity contribution in [1.82, 2.24) is 15.0 Å². The molecule has 0 aromatic carbocycles. The Morgan fingerprint density at radius 2 is 1.81 bits per heavy atom. The van der Waals surface area contributed by atoms with Crippen molar-refractivity contribution >= 4 is 36.6 Å². The molecule has 1 atom stereocenters. The number of nitrogens with zero attached hydrogens (tertiary/aromatic N) is 3. The predicted octanol–water partition coefficient (Wildman–Crippen LogP) is 5.73. The zero-order valence-corrected chi connectivity index (χ0v) is 19.4. The summed E-state index contributed by atoms with van der Waals surface area (Å²) >= 11 is 6.00. The van der Waals surface area contributed by atoms with E-state index < -0.39 is 8.32 Å². The molecule has 0 radical (unpaired) electrons. The highest BCUT2D eigenvalue weighted by Crippen LogP contribution is 2.41. The lowest BCUT2D eigenvalue weighted by molar-refractivity contribution is 0.198. The standard InChI is InChI=1S/C20H33ClN4OSi/c1-8-9-10-20(5,13-26-27(6,7)19(2,3)4)14-11-23-12-15-16(14)17(22)25-18(21)24-15/h11-12H,8-10,13H2,1-7H3,(H2,22,24,25). The van der Waals surface area contributed by atoms with E-state index >= 15 is 0 Å². The highest BCUT2D eigenvalue weighted by Gasteiger charge is 2.40. The molecule has 2 aromatic heterocycles. The first-order chi connectivity index (χ1) is 12.4. The molecule has 27 heavy (non-hydrogen) atoms. The highest BCUT2D eigenvalue weighted by molar-refractivity contribution is 6.74. The van der Waals surface area contributed by atoms with Gasteiger partial charge in [-0.25, -0.2) is 9.97 Å². The fourth-order valence-corrected chi connectivity index (χ4v) is 4.24. The number of hydrogen-bond donors (Lipinski definition) is 1. The van der Waals surface area contributed by atoms with E-state index in [-0.39, 0.29) is 15.7 Å². The molecular weight excluding hydrogens is 376 g/mol. The molecule has 2 heterocycles. The molecule has 0 aliphatic heterocycles. The Bertz CT molecular complexity index is 806. The van der Waals surface area contributed by atoms with Crippen molar-refractivity contribution in [3.63, 3.8) is 0 Å². The van der Waals surface area contributed by atoms with Crippen LogP contribution in [0.5, 0.6) is 0 Å². The number of rotatable bonds is 7. The van der Waals surface area contributed by atoms with Crippen molar-refractivity contribution in [2.24, 2.45) is 0 Å². The first-order valence-corrected chi connectivity index (χ1v) is 12.9. The summed E-state index contributed by atoms with van der Waals surface area (Å²) < 4.78 is 6.63. The van der Waals surface area contributed by atoms with Crippen LogP contribution in [0.15, 0.2) is 12.4 Å². The molecule has 0 fully saturated rings. The number of fused-ring (bicyclic) bond motifs is 1. The molecule has 0 saturated heterocycles. The number of aromatic nitrogens is 3. The van der Waals surface area contributed by atoms with Gasteiger partial charge in [-0.1, -0.05) is 47.5 Å². The van der Waals surface area contributed by atoms with E-state index in [1.54, 1.807) is 6.20 Å². The third kappa shape index (κ3) is 4.79. The number of halogens is 1. The van der Waals surface area contributed by atoms with E-state index in [0.29, 0.717) is 17.9 Å². The van der Waals surface area contributed by atoms with Crippen LogP contribution in [0.4, 0.5) is 5.82 Å². The zero-order chi connectivity index (χ0) is 20.5. The third-order valence-electron chi connectivity index (χ3n) is 5.90. The van der Waals surface area contributed by atoms with Gasteiger partial charge in [-0.05, 0) is 41.7 Å². The smallest absolute Gasteiger partial charge is 0.224 e. The minimum atomic E-state index is -1.88. The second-order valence-electron chi connectivity index (χ2n) is 9.17. The third-order valence-corrected chi connectivity index (χ3v) is 10.5. The normalized spacial score (nSPS) is 15.1. The molecule has 0 aliphatic carbocycles. The molecule has 0 amide bonds. The van der Waals surface area contributed by atoms with Gasteiger partial charge in [0.2, 0.25) is 5.28 Å². The van der Waals surface area contributed by atoms with Gasteiger partial charge in [0.25, 0.3) is 0 Å². The van der Waals surface area contributed by atoms with Gasteiger partial charge in [0.05, 0.1) is 11.7 Å². The Morgan fingerprint density at radius 3 is 2.41 bits per heavy atom. The lowest BCUT2D eigenvalue weighted by atomic mass is 9.78. The molecule has 1 unspecified atom stereocenters. The van der Waals surface area contributed by atoms with Crippen LogP contribution in [0, 0.1) is 0 Å². The monoisotopic (exact) mass is 408 g/mol. The van der Waals surface area contributed by atoms with Crippen molar-refractivity contribution in [3.05, 3.63) is 23.2 Å². The summed E-state index contributed by atoms with van der Waals surface area (Å²) in [5.41, 5.74) is 7.74. The van der Waals surface area contributed by atoms with Crippen LogP contribution in [0.1, 0.15) is 59.4 Å². The SMILES string of the molecule is CCCCC(C)(CO[Si](C)(C)C(C)(C)C)c1cncc2nc(Cl)nc(N)c12. The van der Waals surface area contributed by atoms with Crippen molar-refractivity contribution < 1.29 is 4.43 Å². The molecule has 7 heteroatoms. The minimum absolute atomic E-state index is 0.145. The van der Waals surface area contributed by atoms with Crippen LogP contribution >= 0.6 is 11.6 Å². The molecule has 0 bridgehead atoms. The first kappa shape index (κ1) is 22.1. The number of nitrogen functional groups attached to an aromatic ring is 1. The minimum Gasteiger partial charge on any atom is -0.416 e. The fraction of sp³-hybridized carbons (Fsp3) is 0.650. The Labute approximate surface area is 169 Å². The maximum atomic E-state index is 6.63. The highest BCUT2D eigenvalue weighted by atomic mass is 35.5. The van der Waals surface area contributed by atoms with Gasteiger partial charge in [-0.15, -0.1) is 0 Å². The topological polar surface area (TPSA) is 73.9 Å². The van der Waals surface area contributed by atoms with E-state index in [4.69, 9.17) is 21.8 Å². The van der Waals surface area contributed by atoms with Crippen molar-refractivity contribution in [2.75, 3.05) is 12.3 Å². The van der Waals surface area contributed by atoms with Gasteiger partial charge in [-0.3, -0.25) is 4.98 Å². The summed E-state index contributed by atoms with van der Waals surface area (Å²) in [6.07, 6.45) is 6.78. The maximum absolute atomic E-state index is 6.63. The molecule has 0 spiro atoms. The van der Waals surface area contributed by atoms with Crippen LogP contribution in [-0.4, -0.2) is 29.9 Å². The molecule has 150 valence electrons. The number of pyridine rings is 1. The molecule has 0 aliphatic rings. The van der Waals surface area contributed by atoms with Gasteiger partial charge >= 0.3 is 0 Å². The quantitative estimate of drug-likeness (QED) is 0.467. The van der Waals surface area contributed by atoms with Crippen LogP contribution in [0.2, 0.25) is 23.4 Å². The molecule has 2 rings (SSSR count). The van der Waals surface area contributed by atoms with Gasteiger partial charge in [0.15, 0.2) is 8.32 Å². The molecule has 0 saturated carbocycles. The number of nitrogens with two attached hydrogens (primary N) is 1. The second-order valence-corrected chi connectivity index (χ2v) is 14.3. The van der Waals surface area contributed by atoms with Crippen LogP contribution in [-0.2, 0) is 9.84 Å². The lowest BCUT2D eigenvalue weighted by Gasteiger charge is -2.40. The van der Waals surface area contributed by atoms with Gasteiger partial charge in [0.1, 0.15) is 5.82 Å². The Kier molecular flexibility index (Phi) is 6.54. The van der Waals surface area contributed by atoms with Crippen LogP contribution < -0.4 is 5.73 Å². The van der Waals surface area contributed by atoms with E-state index in [1.165, 1.54) is 0 Å². The largest absolute Gasteiger partial charge is 0.416 e. The maximum Gasteiger partial charge on any atom is 0.224 e. The second kappa shape index (κ2) is 8.01. The first-order valence-electron chi connectivity index (χ1n) is 9.62. The fourth-order valence-electron chi connectivity index (χ4n) is 2.95. The molecule has 5 nitrogen and oxygen atoms in total. The van der Waals surface area contributed by atoms with Crippen LogP contribution in [0.25, 0.3) is 10.9 Å². The Balaban J connectivity index is 2.52. The Hall–Kier alpha value is -1.24. The average molecular weight is 409 g/mol.